The Hall–Kier alpha value is -2.67. The molecule has 1 aliphatic rings. The summed E-state index contributed by atoms with van der Waals surface area (Å²) in [6, 6.07) is 11.9. The van der Waals surface area contributed by atoms with Crippen LogP contribution in [0.15, 0.2) is 36.4 Å². The van der Waals surface area contributed by atoms with E-state index in [2.05, 4.69) is 10.2 Å². The average Bonchev–Trinajstić information content (AvgIpc) is 3.23. The first kappa shape index (κ1) is 18.1. The number of H-pyrrole nitrogens is 1. The van der Waals surface area contributed by atoms with Crippen LogP contribution in [-0.4, -0.2) is 59.1 Å². The van der Waals surface area contributed by atoms with Crippen LogP contribution in [0.3, 0.4) is 0 Å². The molecule has 1 fully saturated rings. The van der Waals surface area contributed by atoms with Gasteiger partial charge in [-0.3, -0.25) is 14.7 Å². The van der Waals surface area contributed by atoms with Crippen molar-refractivity contribution < 1.29 is 14.3 Å². The van der Waals surface area contributed by atoms with Crippen molar-refractivity contribution >= 4 is 11.8 Å². The molecule has 7 heteroatoms. The van der Waals surface area contributed by atoms with Gasteiger partial charge < -0.3 is 14.5 Å². The highest BCUT2D eigenvalue weighted by atomic mass is 16.5. The van der Waals surface area contributed by atoms with E-state index in [9.17, 15) is 9.59 Å². The molecule has 1 saturated heterocycles. The number of nitrogens with zero attached hydrogens (tertiary/aromatic N) is 3. The van der Waals surface area contributed by atoms with Gasteiger partial charge in [0.15, 0.2) is 0 Å². The molecule has 2 aromatic rings. The summed E-state index contributed by atoms with van der Waals surface area (Å²) in [5.41, 5.74) is 2.78. The summed E-state index contributed by atoms with van der Waals surface area (Å²) in [4.78, 5) is 28.0. The lowest BCUT2D eigenvalue weighted by Gasteiger charge is -2.21. The van der Waals surface area contributed by atoms with E-state index in [0.717, 1.165) is 17.0 Å². The second-order valence-corrected chi connectivity index (χ2v) is 6.65. The van der Waals surface area contributed by atoms with Gasteiger partial charge in [0, 0.05) is 33.0 Å². The number of carbonyl (C=O) groups excluding carboxylic acids is 2. The Morgan fingerprint density at radius 2 is 2.15 bits per heavy atom. The summed E-state index contributed by atoms with van der Waals surface area (Å²) >= 11 is 0. The summed E-state index contributed by atoms with van der Waals surface area (Å²) in [7, 11) is 3.34. The molecular formula is C19H24N4O3. The highest BCUT2D eigenvalue weighted by molar-refractivity contribution is 5.86. The van der Waals surface area contributed by atoms with Gasteiger partial charge in [-0.2, -0.15) is 5.10 Å². The van der Waals surface area contributed by atoms with Crippen LogP contribution in [0.4, 0.5) is 0 Å². The zero-order valence-electron chi connectivity index (χ0n) is 15.1. The zero-order chi connectivity index (χ0) is 18.5. The third-order valence-corrected chi connectivity index (χ3v) is 4.62. The van der Waals surface area contributed by atoms with Gasteiger partial charge >= 0.3 is 0 Å². The number of hydrogen-bond acceptors (Lipinski definition) is 4. The van der Waals surface area contributed by atoms with E-state index in [-0.39, 0.29) is 24.3 Å². The van der Waals surface area contributed by atoms with Crippen molar-refractivity contribution in [1.82, 2.24) is 20.0 Å². The van der Waals surface area contributed by atoms with E-state index in [1.807, 2.05) is 36.4 Å². The van der Waals surface area contributed by atoms with Crippen molar-refractivity contribution in [3.63, 3.8) is 0 Å². The van der Waals surface area contributed by atoms with Gasteiger partial charge in [0.05, 0.1) is 31.1 Å². The Morgan fingerprint density at radius 3 is 2.88 bits per heavy atom. The number of carbonyl (C=O) groups is 2. The number of aromatic amines is 1. The maximum Gasteiger partial charge on any atom is 0.242 e. The van der Waals surface area contributed by atoms with Gasteiger partial charge in [-0.15, -0.1) is 0 Å². The van der Waals surface area contributed by atoms with E-state index in [1.54, 1.807) is 24.0 Å². The topological polar surface area (TPSA) is 78.5 Å². The number of ether oxygens (including phenoxy) is 1. The minimum Gasteiger partial charge on any atom is -0.378 e. The first-order valence-electron chi connectivity index (χ1n) is 8.65. The lowest BCUT2D eigenvalue weighted by atomic mass is 9.99. The Morgan fingerprint density at radius 1 is 1.38 bits per heavy atom. The monoisotopic (exact) mass is 356 g/mol. The molecule has 0 bridgehead atoms. The molecule has 1 atom stereocenters. The maximum absolute atomic E-state index is 12.5. The summed E-state index contributed by atoms with van der Waals surface area (Å²) in [5.74, 6) is 0.102. The molecule has 0 spiro atoms. The Kier molecular flexibility index (Phi) is 5.68. The van der Waals surface area contributed by atoms with E-state index in [0.29, 0.717) is 26.1 Å². The lowest BCUT2D eigenvalue weighted by Crippen LogP contribution is -2.38. The number of likely N-dealkylation sites (tertiary alicyclic amines) is 1. The van der Waals surface area contributed by atoms with Gasteiger partial charge in [0.2, 0.25) is 11.8 Å². The quantitative estimate of drug-likeness (QED) is 0.816. The predicted molar refractivity (Wildman–Crippen MR) is 96.2 cm³/mol. The highest BCUT2D eigenvalue weighted by Crippen LogP contribution is 2.27. The third-order valence-electron chi connectivity index (χ3n) is 4.62. The van der Waals surface area contributed by atoms with Crippen LogP contribution in [0.25, 0.3) is 0 Å². The number of hydrogen-bond donors (Lipinski definition) is 1. The molecule has 138 valence electrons. The fourth-order valence-corrected chi connectivity index (χ4v) is 3.21. The zero-order valence-corrected chi connectivity index (χ0v) is 15.1. The number of likely N-dealkylation sites (N-methyl/N-ethyl adjacent to an activating group) is 1. The second-order valence-electron chi connectivity index (χ2n) is 6.65. The van der Waals surface area contributed by atoms with Crippen LogP contribution in [0, 0.1) is 0 Å². The SMILES string of the molecule is COCc1cc(CN(C)C(=O)CN2CC(c3ccccc3)CC2=O)[nH]n1. The fraction of sp³-hybridized carbons (Fsp3) is 0.421. The molecule has 3 rings (SSSR count). The van der Waals surface area contributed by atoms with Gasteiger partial charge in [-0.25, -0.2) is 0 Å². The van der Waals surface area contributed by atoms with Crippen LogP contribution in [0.1, 0.15) is 29.3 Å². The molecule has 1 N–H and O–H groups in total. The van der Waals surface area contributed by atoms with Crippen LogP contribution >= 0.6 is 0 Å². The summed E-state index contributed by atoms with van der Waals surface area (Å²) < 4.78 is 5.03. The lowest BCUT2D eigenvalue weighted by molar-refractivity contribution is -0.137. The largest absolute Gasteiger partial charge is 0.378 e. The van der Waals surface area contributed by atoms with Gasteiger partial charge in [-0.1, -0.05) is 30.3 Å². The van der Waals surface area contributed by atoms with Gasteiger partial charge in [-0.05, 0) is 11.6 Å². The summed E-state index contributed by atoms with van der Waals surface area (Å²) in [6.07, 6.45) is 0.460. The number of benzene rings is 1. The van der Waals surface area contributed by atoms with E-state index >= 15 is 0 Å². The molecule has 2 amide bonds. The standard InChI is InChI=1S/C19H24N4O3/c1-22(11-16-9-17(13-26-2)21-20-16)19(25)12-23-10-15(8-18(23)24)14-6-4-3-5-7-14/h3-7,9,15H,8,10-13H2,1-2H3,(H,20,21). The second kappa shape index (κ2) is 8.14. The Labute approximate surface area is 152 Å². The van der Waals surface area contributed by atoms with Gasteiger partial charge in [0.25, 0.3) is 0 Å². The Balaban J connectivity index is 1.54. The average molecular weight is 356 g/mol. The van der Waals surface area contributed by atoms with Crippen molar-refractivity contribution in [2.75, 3.05) is 27.2 Å². The van der Waals surface area contributed by atoms with Crippen molar-refractivity contribution in [2.45, 2.75) is 25.5 Å². The maximum atomic E-state index is 12.5. The van der Waals surface area contributed by atoms with Crippen LogP contribution < -0.4 is 0 Å². The van der Waals surface area contributed by atoms with E-state index in [4.69, 9.17) is 4.74 Å². The first-order chi connectivity index (χ1) is 12.6. The number of rotatable bonds is 7. The minimum atomic E-state index is -0.0880. The molecule has 1 aliphatic heterocycles. The highest BCUT2D eigenvalue weighted by Gasteiger charge is 2.32. The molecular weight excluding hydrogens is 332 g/mol. The fourth-order valence-electron chi connectivity index (χ4n) is 3.21. The smallest absolute Gasteiger partial charge is 0.242 e. The molecule has 1 aromatic carbocycles. The normalized spacial score (nSPS) is 16.9. The summed E-state index contributed by atoms with van der Waals surface area (Å²) in [6.45, 7) is 1.54. The molecule has 0 aliphatic carbocycles. The van der Waals surface area contributed by atoms with Crippen molar-refractivity contribution in [2.24, 2.45) is 0 Å². The van der Waals surface area contributed by atoms with Crippen molar-refractivity contribution in [1.29, 1.82) is 0 Å². The van der Waals surface area contributed by atoms with Crippen LogP contribution in [0.5, 0.6) is 0 Å². The Bertz CT molecular complexity index is 759. The molecule has 1 aromatic heterocycles. The summed E-state index contributed by atoms with van der Waals surface area (Å²) in [5, 5.41) is 7.03. The van der Waals surface area contributed by atoms with Crippen LogP contribution in [0.2, 0.25) is 0 Å². The minimum absolute atomic E-state index is 0.0320. The van der Waals surface area contributed by atoms with E-state index in [1.165, 1.54) is 0 Å². The predicted octanol–water partition coefficient (Wildman–Crippen LogP) is 1.53. The molecule has 1 unspecified atom stereocenters. The first-order valence-corrected chi connectivity index (χ1v) is 8.65. The number of amides is 2. The van der Waals surface area contributed by atoms with E-state index < -0.39 is 0 Å². The number of nitrogens with one attached hydrogen (secondary N) is 1. The third kappa shape index (κ3) is 4.29. The molecule has 0 saturated carbocycles. The molecule has 0 radical (unpaired) electrons. The van der Waals surface area contributed by atoms with Crippen molar-refractivity contribution in [3.8, 4) is 0 Å². The van der Waals surface area contributed by atoms with Crippen molar-refractivity contribution in [3.05, 3.63) is 53.3 Å². The van der Waals surface area contributed by atoms with Crippen LogP contribution in [-0.2, 0) is 27.5 Å². The molecule has 26 heavy (non-hydrogen) atoms. The number of methoxy groups -OCH3 is 1. The molecule has 2 heterocycles. The molecule has 7 nitrogen and oxygen atoms in total. The van der Waals surface area contributed by atoms with Gasteiger partial charge in [0.1, 0.15) is 0 Å². The number of aromatic nitrogens is 2.